The number of hydrogen-bond donors (Lipinski definition) is 4. The number of aromatic amines is 1. The molecule has 0 amide bonds. The minimum atomic E-state index is -1.14. The predicted molar refractivity (Wildman–Crippen MR) is 115 cm³/mol. The van der Waals surface area contributed by atoms with E-state index >= 15 is 0 Å². The van der Waals surface area contributed by atoms with Crippen LogP contribution < -0.4 is 10.4 Å². The summed E-state index contributed by atoms with van der Waals surface area (Å²) in [5.41, 5.74) is 0.208. The normalized spacial score (nSPS) is 14.4. The van der Waals surface area contributed by atoms with Crippen molar-refractivity contribution in [2.24, 2.45) is 0 Å². The van der Waals surface area contributed by atoms with Crippen molar-refractivity contribution in [2.75, 3.05) is 36.6 Å². The maximum Gasteiger partial charge on any atom is 0.201 e. The summed E-state index contributed by atoms with van der Waals surface area (Å²) in [6, 6.07) is 7.53. The molecule has 1 aliphatic rings. The van der Waals surface area contributed by atoms with Gasteiger partial charge in [0.2, 0.25) is 5.95 Å². The average molecular weight is 479 g/mol. The molecule has 0 spiro atoms. The number of H-pyrrole nitrogens is 1. The first kappa shape index (κ1) is 20.7. The molecule has 0 atom stereocenters. The van der Waals surface area contributed by atoms with Crippen LogP contribution in [0.15, 0.2) is 34.8 Å². The fourth-order valence-electron chi connectivity index (χ4n) is 3.56. The summed E-state index contributed by atoms with van der Waals surface area (Å²) < 4.78 is 29.3. The first-order chi connectivity index (χ1) is 14.4. The Morgan fingerprint density at radius 3 is 2.80 bits per heavy atom. The number of hydrogen-bond acceptors (Lipinski definition) is 5. The molecule has 1 aromatic heterocycles. The summed E-state index contributed by atoms with van der Waals surface area (Å²) in [6.07, 6.45) is 2.38. The summed E-state index contributed by atoms with van der Waals surface area (Å²) in [7, 11) is 0. The lowest BCUT2D eigenvalue weighted by Crippen LogP contribution is -2.27. The molecule has 7 nitrogen and oxygen atoms in total. The third-order valence-corrected chi connectivity index (χ3v) is 5.59. The summed E-state index contributed by atoms with van der Waals surface area (Å²) in [5.74, 6) is -2.36. The number of anilines is 2. The Kier molecular flexibility index (Phi) is 5.98. The van der Waals surface area contributed by atoms with E-state index in [2.05, 4.69) is 36.1 Å². The highest BCUT2D eigenvalue weighted by Gasteiger charge is 2.22. The number of hydroxylamine groups is 1. The second kappa shape index (κ2) is 8.66. The van der Waals surface area contributed by atoms with Gasteiger partial charge in [-0.25, -0.2) is 18.8 Å². The third-order valence-electron chi connectivity index (χ3n) is 5.10. The van der Waals surface area contributed by atoms with Gasteiger partial charge in [0.15, 0.2) is 17.5 Å². The molecule has 0 unspecified atom stereocenters. The first-order valence-corrected chi connectivity index (χ1v) is 10.4. The number of amidine groups is 1. The van der Waals surface area contributed by atoms with Crippen LogP contribution >= 0.6 is 15.9 Å². The average Bonchev–Trinajstić information content (AvgIpc) is 3.40. The molecule has 0 radical (unpaired) electrons. The van der Waals surface area contributed by atoms with Gasteiger partial charge >= 0.3 is 0 Å². The number of likely N-dealkylation sites (tertiary alicyclic amines) is 1. The van der Waals surface area contributed by atoms with E-state index in [-0.39, 0.29) is 22.5 Å². The van der Waals surface area contributed by atoms with Crippen LogP contribution in [0.25, 0.3) is 11.0 Å². The van der Waals surface area contributed by atoms with Crippen LogP contribution in [-0.2, 0) is 0 Å². The van der Waals surface area contributed by atoms with Crippen molar-refractivity contribution in [3.05, 3.63) is 52.0 Å². The molecule has 1 fully saturated rings. The summed E-state index contributed by atoms with van der Waals surface area (Å²) in [4.78, 5) is 9.36. The molecular formula is C20H21BrF2N6O. The molecule has 3 aromatic rings. The quantitative estimate of drug-likeness (QED) is 0.240. The molecule has 0 aliphatic carbocycles. The number of rotatable bonds is 6. The van der Waals surface area contributed by atoms with Crippen LogP contribution in [0.5, 0.6) is 0 Å². The van der Waals surface area contributed by atoms with Crippen LogP contribution in [0.4, 0.5) is 20.4 Å². The molecule has 4 N–H and O–H groups in total. The molecule has 4 rings (SSSR count). The minimum Gasteiger partial charge on any atom is -0.355 e. The van der Waals surface area contributed by atoms with Gasteiger partial charge < -0.3 is 15.2 Å². The van der Waals surface area contributed by atoms with E-state index < -0.39 is 17.5 Å². The Hall–Kier alpha value is -2.56. The van der Waals surface area contributed by atoms with E-state index in [9.17, 15) is 14.0 Å². The van der Waals surface area contributed by atoms with Gasteiger partial charge in [0, 0.05) is 23.1 Å². The number of benzene rings is 2. The Labute approximate surface area is 180 Å². The summed E-state index contributed by atoms with van der Waals surface area (Å²) >= 11 is 3.30. The van der Waals surface area contributed by atoms with Crippen molar-refractivity contribution in [3.63, 3.8) is 0 Å². The second-order valence-electron chi connectivity index (χ2n) is 7.14. The molecule has 30 heavy (non-hydrogen) atoms. The molecule has 2 heterocycles. The smallest absolute Gasteiger partial charge is 0.201 e. The van der Waals surface area contributed by atoms with E-state index in [1.54, 1.807) is 24.3 Å². The summed E-state index contributed by atoms with van der Waals surface area (Å²) in [5, 5.41) is 22.5. The second-order valence-corrected chi connectivity index (χ2v) is 8.06. The van der Waals surface area contributed by atoms with Crippen LogP contribution in [-0.4, -0.2) is 52.1 Å². The summed E-state index contributed by atoms with van der Waals surface area (Å²) in [6.45, 7) is 3.54. The van der Waals surface area contributed by atoms with Gasteiger partial charge in [-0.1, -0.05) is 22.0 Å². The zero-order chi connectivity index (χ0) is 21.3. The molecule has 10 heteroatoms. The zero-order valence-electron chi connectivity index (χ0n) is 16.1. The van der Waals surface area contributed by atoms with E-state index in [0.717, 1.165) is 25.7 Å². The van der Waals surface area contributed by atoms with Gasteiger partial charge in [-0.2, -0.15) is 0 Å². The van der Waals surface area contributed by atoms with Gasteiger partial charge in [0.05, 0.1) is 11.2 Å². The van der Waals surface area contributed by atoms with Crippen molar-refractivity contribution in [1.29, 1.82) is 5.41 Å². The standard InChI is InChI=1S/C20H21BrF2N6O/c21-12-4-3-5-13(10-12)29(30)19(24)14-11-15(22)16(23)18-17(14)26-20(27-18)25-6-9-28-7-1-2-8-28/h3-5,10-11,24,30H,1-2,6-9H2,(H2,25,26,27). The monoisotopic (exact) mass is 478 g/mol. The highest BCUT2D eigenvalue weighted by atomic mass is 79.9. The molecule has 158 valence electrons. The lowest BCUT2D eigenvalue weighted by Gasteiger charge is -2.18. The van der Waals surface area contributed by atoms with Crippen molar-refractivity contribution in [3.8, 4) is 0 Å². The number of aromatic nitrogens is 2. The Morgan fingerprint density at radius 1 is 1.30 bits per heavy atom. The van der Waals surface area contributed by atoms with Gasteiger partial charge in [-0.15, -0.1) is 0 Å². The topological polar surface area (TPSA) is 91.3 Å². The molecule has 2 aromatic carbocycles. The number of nitrogens with one attached hydrogen (secondary N) is 3. The first-order valence-electron chi connectivity index (χ1n) is 9.61. The number of fused-ring (bicyclic) bond motifs is 1. The van der Waals surface area contributed by atoms with E-state index in [0.29, 0.717) is 21.8 Å². The molecule has 0 bridgehead atoms. The van der Waals surface area contributed by atoms with Crippen molar-refractivity contribution in [1.82, 2.24) is 14.9 Å². The molecular weight excluding hydrogens is 458 g/mol. The maximum absolute atomic E-state index is 14.4. The van der Waals surface area contributed by atoms with E-state index in [4.69, 9.17) is 5.41 Å². The third kappa shape index (κ3) is 4.16. The molecule has 1 saturated heterocycles. The van der Waals surface area contributed by atoms with Crippen LogP contribution in [0, 0.1) is 17.0 Å². The largest absolute Gasteiger partial charge is 0.355 e. The van der Waals surface area contributed by atoms with Crippen molar-refractivity contribution >= 4 is 44.4 Å². The Balaban J connectivity index is 1.61. The Morgan fingerprint density at radius 2 is 2.07 bits per heavy atom. The Bertz CT molecular complexity index is 1080. The van der Waals surface area contributed by atoms with Gasteiger partial charge in [0.25, 0.3) is 0 Å². The van der Waals surface area contributed by atoms with E-state index in [1.807, 2.05) is 0 Å². The minimum absolute atomic E-state index is 0.00790. The molecule has 0 saturated carbocycles. The zero-order valence-corrected chi connectivity index (χ0v) is 17.6. The lowest BCUT2D eigenvalue weighted by atomic mass is 10.1. The number of nitrogens with zero attached hydrogens (tertiary/aromatic N) is 3. The maximum atomic E-state index is 14.4. The van der Waals surface area contributed by atoms with Crippen LogP contribution in [0.2, 0.25) is 0 Å². The van der Waals surface area contributed by atoms with Gasteiger partial charge in [0.1, 0.15) is 5.52 Å². The fourth-order valence-corrected chi connectivity index (χ4v) is 3.95. The highest BCUT2D eigenvalue weighted by molar-refractivity contribution is 9.10. The van der Waals surface area contributed by atoms with Crippen LogP contribution in [0.3, 0.4) is 0 Å². The van der Waals surface area contributed by atoms with E-state index in [1.165, 1.54) is 12.8 Å². The van der Waals surface area contributed by atoms with Crippen LogP contribution in [0.1, 0.15) is 18.4 Å². The van der Waals surface area contributed by atoms with Gasteiger partial charge in [-0.05, 0) is 50.2 Å². The fraction of sp³-hybridized carbons (Fsp3) is 0.300. The SMILES string of the molecule is N=C(c1cc(F)c(F)c2nc(NCCN3CCCC3)[nH]c12)N(O)c1cccc(Br)c1. The molecule has 1 aliphatic heterocycles. The number of halogens is 3. The number of imidazole rings is 1. The van der Waals surface area contributed by atoms with Gasteiger partial charge in [-0.3, -0.25) is 10.6 Å². The van der Waals surface area contributed by atoms with Crippen molar-refractivity contribution < 1.29 is 14.0 Å². The van der Waals surface area contributed by atoms with Crippen molar-refractivity contribution in [2.45, 2.75) is 12.8 Å². The highest BCUT2D eigenvalue weighted by Crippen LogP contribution is 2.27. The lowest BCUT2D eigenvalue weighted by molar-refractivity contribution is 0.312. The predicted octanol–water partition coefficient (Wildman–Crippen LogP) is 4.33.